The Morgan fingerprint density at radius 3 is 2.45 bits per heavy atom. The zero-order valence-electron chi connectivity index (χ0n) is 16.7. The van der Waals surface area contributed by atoms with E-state index in [-0.39, 0.29) is 31.0 Å². The Balaban J connectivity index is 2.19. The summed E-state index contributed by atoms with van der Waals surface area (Å²) < 4.78 is 15.1. The molecule has 1 aromatic rings. The van der Waals surface area contributed by atoms with Crippen LogP contribution in [0.4, 0.5) is 9.80 Å². The average molecular weight is 444 g/mol. The number of rotatable bonds is 7. The Hall–Kier alpha value is -2.40. The van der Waals surface area contributed by atoms with Crippen LogP contribution < -0.4 is 10.6 Å². The predicted octanol–water partition coefficient (Wildman–Crippen LogP) is 2.29. The van der Waals surface area contributed by atoms with Crippen molar-refractivity contribution >= 4 is 51.7 Å². The van der Waals surface area contributed by atoms with Crippen LogP contribution in [-0.4, -0.2) is 61.0 Å². The van der Waals surface area contributed by atoms with Crippen molar-refractivity contribution in [3.05, 3.63) is 16.0 Å². The van der Waals surface area contributed by atoms with Crippen LogP contribution >= 0.6 is 23.6 Å². The van der Waals surface area contributed by atoms with Gasteiger partial charge in [0, 0.05) is 11.4 Å². The number of hydrogen-bond donors (Lipinski definition) is 2. The van der Waals surface area contributed by atoms with Gasteiger partial charge in [-0.25, -0.2) is 9.59 Å². The molecule has 2 rings (SSSR count). The third-order valence-corrected chi connectivity index (χ3v) is 5.37. The van der Waals surface area contributed by atoms with Crippen LogP contribution in [0.25, 0.3) is 0 Å². The number of thiocarbonyl (C=S) groups is 1. The normalized spacial score (nSPS) is 12.6. The zero-order chi connectivity index (χ0) is 21.4. The van der Waals surface area contributed by atoms with Gasteiger partial charge in [0.15, 0.2) is 5.11 Å². The first kappa shape index (κ1) is 22.9. The van der Waals surface area contributed by atoms with Gasteiger partial charge in [0.25, 0.3) is 0 Å². The summed E-state index contributed by atoms with van der Waals surface area (Å²) >= 11 is 6.55. The van der Waals surface area contributed by atoms with E-state index in [1.54, 1.807) is 25.7 Å². The molecular weight excluding hydrogens is 418 g/mol. The zero-order valence-corrected chi connectivity index (χ0v) is 18.3. The van der Waals surface area contributed by atoms with Gasteiger partial charge in [-0.05, 0) is 45.0 Å². The molecule has 0 unspecified atom stereocenters. The lowest BCUT2D eigenvalue weighted by Gasteiger charge is -2.26. The molecule has 0 saturated carbocycles. The highest BCUT2D eigenvalue weighted by Gasteiger charge is 2.31. The summed E-state index contributed by atoms with van der Waals surface area (Å²) in [5.74, 6) is -0.886. The van der Waals surface area contributed by atoms with Crippen LogP contribution in [0.5, 0.6) is 0 Å². The third kappa shape index (κ3) is 6.04. The van der Waals surface area contributed by atoms with E-state index >= 15 is 0 Å². The number of fused-ring (bicyclic) bond motifs is 1. The molecule has 2 N–H and O–H groups in total. The minimum atomic E-state index is -0.453. The summed E-state index contributed by atoms with van der Waals surface area (Å²) in [7, 11) is 0. The first-order valence-electron chi connectivity index (χ1n) is 9.34. The fraction of sp³-hybridized carbons (Fsp3) is 0.556. The van der Waals surface area contributed by atoms with E-state index in [9.17, 15) is 14.4 Å². The highest BCUT2D eigenvalue weighted by Crippen LogP contribution is 2.37. The molecule has 1 amide bonds. The van der Waals surface area contributed by atoms with Gasteiger partial charge in [-0.15, -0.1) is 11.3 Å². The molecule has 0 fully saturated rings. The van der Waals surface area contributed by atoms with Gasteiger partial charge in [-0.3, -0.25) is 4.79 Å². The van der Waals surface area contributed by atoms with Crippen LogP contribution in [0.2, 0.25) is 0 Å². The lowest BCUT2D eigenvalue weighted by atomic mass is 10.0. The molecule has 2 heterocycles. The van der Waals surface area contributed by atoms with E-state index in [0.29, 0.717) is 36.7 Å². The Labute approximate surface area is 178 Å². The van der Waals surface area contributed by atoms with Gasteiger partial charge in [-0.1, -0.05) is 0 Å². The SMILES string of the molecule is CCOC(=O)CNC(=S)Nc1sc2c(c1C(=O)OCC)CCN(C(=O)OCC)C2. The van der Waals surface area contributed by atoms with Crippen molar-refractivity contribution in [2.75, 3.05) is 38.2 Å². The molecule has 0 aromatic carbocycles. The molecule has 0 spiro atoms. The molecule has 29 heavy (non-hydrogen) atoms. The number of nitrogens with one attached hydrogen (secondary N) is 2. The maximum absolute atomic E-state index is 12.6. The van der Waals surface area contributed by atoms with Gasteiger partial charge < -0.3 is 29.7 Å². The first-order valence-corrected chi connectivity index (χ1v) is 10.6. The Morgan fingerprint density at radius 2 is 1.79 bits per heavy atom. The molecule has 0 bridgehead atoms. The standard InChI is InChI=1S/C18H25N3O6S2/c1-4-25-13(22)9-19-17(28)20-15-14(16(23)26-5-2)11-7-8-21(10-12(11)29-15)18(24)27-6-3/h4-10H2,1-3H3,(H2,19,20,28). The van der Waals surface area contributed by atoms with Gasteiger partial charge in [0.05, 0.1) is 31.9 Å². The van der Waals surface area contributed by atoms with Gasteiger partial charge >= 0.3 is 18.0 Å². The number of esters is 2. The van der Waals surface area contributed by atoms with Gasteiger partial charge in [-0.2, -0.15) is 0 Å². The predicted molar refractivity (Wildman–Crippen MR) is 112 cm³/mol. The van der Waals surface area contributed by atoms with E-state index in [4.69, 9.17) is 26.4 Å². The van der Waals surface area contributed by atoms with Crippen molar-refractivity contribution in [3.63, 3.8) is 0 Å². The van der Waals surface area contributed by atoms with Gasteiger partial charge in [0.2, 0.25) is 0 Å². The quantitative estimate of drug-likeness (QED) is 0.373. The highest BCUT2D eigenvalue weighted by molar-refractivity contribution is 7.80. The van der Waals surface area contributed by atoms with Crippen molar-refractivity contribution < 1.29 is 28.6 Å². The van der Waals surface area contributed by atoms with E-state index in [0.717, 1.165) is 10.4 Å². The van der Waals surface area contributed by atoms with Crippen molar-refractivity contribution in [2.24, 2.45) is 0 Å². The number of anilines is 1. The number of carbonyl (C=O) groups is 3. The molecule has 0 aliphatic carbocycles. The average Bonchev–Trinajstić information content (AvgIpc) is 3.04. The topological polar surface area (TPSA) is 106 Å². The smallest absolute Gasteiger partial charge is 0.410 e. The molecule has 1 aromatic heterocycles. The summed E-state index contributed by atoms with van der Waals surface area (Å²) in [4.78, 5) is 38.5. The van der Waals surface area contributed by atoms with Crippen molar-refractivity contribution in [1.82, 2.24) is 10.2 Å². The number of amides is 1. The molecule has 0 saturated heterocycles. The maximum Gasteiger partial charge on any atom is 0.410 e. The third-order valence-electron chi connectivity index (χ3n) is 3.99. The second-order valence-electron chi connectivity index (χ2n) is 5.91. The van der Waals surface area contributed by atoms with Crippen LogP contribution in [0.3, 0.4) is 0 Å². The molecule has 0 radical (unpaired) electrons. The second kappa shape index (κ2) is 11.0. The minimum Gasteiger partial charge on any atom is -0.465 e. The van der Waals surface area contributed by atoms with Crippen molar-refractivity contribution in [1.29, 1.82) is 0 Å². The van der Waals surface area contributed by atoms with E-state index in [1.807, 2.05) is 0 Å². The van der Waals surface area contributed by atoms with Crippen LogP contribution in [0.15, 0.2) is 0 Å². The van der Waals surface area contributed by atoms with Crippen molar-refractivity contribution in [3.8, 4) is 0 Å². The molecular formula is C18H25N3O6S2. The lowest BCUT2D eigenvalue weighted by molar-refractivity contribution is -0.141. The fourth-order valence-corrected chi connectivity index (χ4v) is 4.29. The first-order chi connectivity index (χ1) is 13.9. The molecule has 1 aliphatic rings. The second-order valence-corrected chi connectivity index (χ2v) is 7.42. The van der Waals surface area contributed by atoms with E-state index in [1.165, 1.54) is 11.3 Å². The number of nitrogens with zero attached hydrogens (tertiary/aromatic N) is 1. The minimum absolute atomic E-state index is 0.0872. The van der Waals surface area contributed by atoms with Crippen LogP contribution in [-0.2, 0) is 32.0 Å². The van der Waals surface area contributed by atoms with E-state index < -0.39 is 11.9 Å². The monoisotopic (exact) mass is 443 g/mol. The number of ether oxygens (including phenoxy) is 3. The van der Waals surface area contributed by atoms with Crippen LogP contribution in [0, 0.1) is 0 Å². The highest BCUT2D eigenvalue weighted by atomic mass is 32.1. The molecule has 11 heteroatoms. The molecule has 9 nitrogen and oxygen atoms in total. The van der Waals surface area contributed by atoms with Crippen LogP contribution in [0.1, 0.15) is 41.6 Å². The summed E-state index contributed by atoms with van der Waals surface area (Å²) in [5.41, 5.74) is 1.25. The Morgan fingerprint density at radius 1 is 1.10 bits per heavy atom. The fourth-order valence-electron chi connectivity index (χ4n) is 2.79. The summed E-state index contributed by atoms with van der Waals surface area (Å²) in [6, 6.07) is 0. The van der Waals surface area contributed by atoms with Gasteiger partial charge in [0.1, 0.15) is 11.5 Å². The number of carbonyl (C=O) groups excluding carboxylic acids is 3. The molecule has 160 valence electrons. The summed E-state index contributed by atoms with van der Waals surface area (Å²) in [6.07, 6.45) is 0.120. The number of hydrogen-bond acceptors (Lipinski definition) is 8. The molecule has 0 atom stereocenters. The summed E-state index contributed by atoms with van der Waals surface area (Å²) in [5, 5.41) is 6.42. The van der Waals surface area contributed by atoms with Crippen molar-refractivity contribution in [2.45, 2.75) is 33.7 Å². The van der Waals surface area contributed by atoms with E-state index in [2.05, 4.69) is 10.6 Å². The Bertz CT molecular complexity index is 780. The Kier molecular flexibility index (Phi) is 8.65. The molecule has 1 aliphatic heterocycles. The lowest BCUT2D eigenvalue weighted by Crippen LogP contribution is -2.36. The number of thiophene rings is 1. The largest absolute Gasteiger partial charge is 0.465 e. The summed E-state index contributed by atoms with van der Waals surface area (Å²) in [6.45, 7) is 6.73. The maximum atomic E-state index is 12.6.